The van der Waals surface area contributed by atoms with Gasteiger partial charge in [0.05, 0.1) is 5.56 Å². The summed E-state index contributed by atoms with van der Waals surface area (Å²) in [4.78, 5) is 11.1. The maximum atomic E-state index is 13.3. The molecule has 0 saturated heterocycles. The molecule has 0 heterocycles. The summed E-state index contributed by atoms with van der Waals surface area (Å²) in [6, 6.07) is 3.35. The number of carbonyl (C=O) groups excluding carboxylic acids is 1. The molecule has 0 N–H and O–H groups in total. The molecule has 0 spiro atoms. The lowest BCUT2D eigenvalue weighted by Gasteiger charge is -2.02. The number of halogens is 2. The van der Waals surface area contributed by atoms with E-state index in [0.29, 0.717) is 0 Å². The Bertz CT molecular complexity index is 421. The molecule has 72 valence electrons. The second kappa shape index (κ2) is 3.97. The van der Waals surface area contributed by atoms with E-state index in [1.165, 1.54) is 6.07 Å². The fourth-order valence-corrected chi connectivity index (χ4v) is 1.06. The molecule has 4 heteroatoms. The Morgan fingerprint density at radius 3 is 2.64 bits per heavy atom. The Labute approximate surface area is 79.8 Å². The summed E-state index contributed by atoms with van der Waals surface area (Å²) in [6.07, 6.45) is 0.118. The zero-order chi connectivity index (χ0) is 10.7. The van der Waals surface area contributed by atoms with E-state index in [0.717, 1.165) is 12.1 Å². The first-order chi connectivity index (χ1) is 6.61. The van der Waals surface area contributed by atoms with Crippen LogP contribution in [0.15, 0.2) is 12.1 Å². The van der Waals surface area contributed by atoms with Gasteiger partial charge in [0, 0.05) is 6.42 Å². The van der Waals surface area contributed by atoms with Crippen LogP contribution in [0.4, 0.5) is 8.78 Å². The van der Waals surface area contributed by atoms with Crippen molar-refractivity contribution in [2.24, 2.45) is 0 Å². The summed E-state index contributed by atoms with van der Waals surface area (Å²) in [5, 5.41) is 8.44. The molecule has 0 amide bonds. The van der Waals surface area contributed by atoms with Crippen molar-refractivity contribution in [2.75, 3.05) is 0 Å². The van der Waals surface area contributed by atoms with E-state index >= 15 is 0 Å². The predicted molar refractivity (Wildman–Crippen MR) is 45.7 cm³/mol. The number of benzene rings is 1. The van der Waals surface area contributed by atoms with E-state index in [-0.39, 0.29) is 12.0 Å². The molecule has 1 aromatic carbocycles. The molecule has 0 radical (unpaired) electrons. The average Bonchev–Trinajstić information content (AvgIpc) is 2.18. The highest BCUT2D eigenvalue weighted by Gasteiger charge is 2.16. The Balaban J connectivity index is 3.37. The van der Waals surface area contributed by atoms with Crippen molar-refractivity contribution in [3.05, 3.63) is 34.9 Å². The lowest BCUT2D eigenvalue weighted by molar-refractivity contribution is 0.0984. The second-order valence-electron chi connectivity index (χ2n) is 2.67. The molecular weight excluding hydrogens is 188 g/mol. The molecule has 0 aliphatic heterocycles. The number of ketones is 1. The van der Waals surface area contributed by atoms with Gasteiger partial charge in [0.1, 0.15) is 17.4 Å². The fourth-order valence-electron chi connectivity index (χ4n) is 1.06. The topological polar surface area (TPSA) is 40.9 Å². The lowest BCUT2D eigenvalue weighted by Crippen LogP contribution is -2.04. The molecule has 0 atom stereocenters. The Morgan fingerprint density at radius 2 is 2.14 bits per heavy atom. The quantitative estimate of drug-likeness (QED) is 0.680. The minimum Gasteiger partial charge on any atom is -0.294 e. The standard InChI is InChI=1S/C10H7F2NO/c1-2-9(14)6-3-4-8(11)7(5-13)10(6)12/h3-4H,2H2,1H3. The van der Waals surface area contributed by atoms with E-state index in [1.54, 1.807) is 6.92 Å². The van der Waals surface area contributed by atoms with E-state index in [4.69, 9.17) is 5.26 Å². The van der Waals surface area contributed by atoms with Crippen LogP contribution in [0.5, 0.6) is 0 Å². The molecule has 0 fully saturated rings. The number of nitrogens with zero attached hydrogens (tertiary/aromatic N) is 1. The van der Waals surface area contributed by atoms with Gasteiger partial charge in [-0.2, -0.15) is 5.26 Å². The largest absolute Gasteiger partial charge is 0.294 e. The minimum atomic E-state index is -1.07. The number of carbonyl (C=O) groups is 1. The SMILES string of the molecule is CCC(=O)c1ccc(F)c(C#N)c1F. The van der Waals surface area contributed by atoms with Crippen LogP contribution in [0.2, 0.25) is 0 Å². The molecule has 0 saturated carbocycles. The van der Waals surface area contributed by atoms with Crippen LogP contribution in [0.3, 0.4) is 0 Å². The zero-order valence-corrected chi connectivity index (χ0v) is 7.47. The zero-order valence-electron chi connectivity index (χ0n) is 7.47. The summed E-state index contributed by atoms with van der Waals surface area (Å²) in [5.74, 6) is -2.46. The Hall–Kier alpha value is -1.76. The van der Waals surface area contributed by atoms with Gasteiger partial charge in [-0.25, -0.2) is 8.78 Å². The number of hydrogen-bond acceptors (Lipinski definition) is 2. The van der Waals surface area contributed by atoms with Gasteiger partial charge in [-0.3, -0.25) is 4.79 Å². The lowest BCUT2D eigenvalue weighted by atomic mass is 10.0. The molecule has 1 rings (SSSR count). The third-order valence-electron chi connectivity index (χ3n) is 1.82. The third kappa shape index (κ3) is 1.62. The first-order valence-electron chi connectivity index (χ1n) is 4.03. The first kappa shape index (κ1) is 10.3. The number of rotatable bonds is 2. The monoisotopic (exact) mass is 195 g/mol. The van der Waals surface area contributed by atoms with Crippen LogP contribution in [0, 0.1) is 23.0 Å². The van der Waals surface area contributed by atoms with Crippen LogP contribution in [-0.2, 0) is 0 Å². The highest BCUT2D eigenvalue weighted by molar-refractivity contribution is 5.96. The van der Waals surface area contributed by atoms with E-state index < -0.39 is 23.0 Å². The minimum absolute atomic E-state index is 0.118. The molecule has 0 aromatic heterocycles. The molecule has 0 bridgehead atoms. The van der Waals surface area contributed by atoms with Gasteiger partial charge in [0.2, 0.25) is 0 Å². The highest BCUT2D eigenvalue weighted by atomic mass is 19.1. The molecule has 1 aromatic rings. The smallest absolute Gasteiger partial charge is 0.165 e. The van der Waals surface area contributed by atoms with Gasteiger partial charge < -0.3 is 0 Å². The number of hydrogen-bond donors (Lipinski definition) is 0. The summed E-state index contributed by atoms with van der Waals surface area (Å²) in [5.41, 5.74) is -0.935. The van der Waals surface area contributed by atoms with Gasteiger partial charge in [0.15, 0.2) is 11.6 Å². The predicted octanol–water partition coefficient (Wildman–Crippen LogP) is 2.43. The summed E-state index contributed by atoms with van der Waals surface area (Å²) < 4.78 is 26.1. The van der Waals surface area contributed by atoms with Crippen LogP contribution < -0.4 is 0 Å². The van der Waals surface area contributed by atoms with Gasteiger partial charge in [-0.15, -0.1) is 0 Å². The van der Waals surface area contributed by atoms with Gasteiger partial charge in [0.25, 0.3) is 0 Å². The Kier molecular flexibility index (Phi) is 2.92. The average molecular weight is 195 g/mol. The Morgan fingerprint density at radius 1 is 1.50 bits per heavy atom. The van der Waals surface area contributed by atoms with Crippen molar-refractivity contribution in [1.29, 1.82) is 5.26 Å². The normalized spacial score (nSPS) is 9.57. The van der Waals surface area contributed by atoms with Crippen LogP contribution in [-0.4, -0.2) is 5.78 Å². The molecular formula is C10H7F2NO. The molecule has 2 nitrogen and oxygen atoms in total. The van der Waals surface area contributed by atoms with Crippen LogP contribution in [0.25, 0.3) is 0 Å². The van der Waals surface area contributed by atoms with Crippen molar-refractivity contribution in [3.63, 3.8) is 0 Å². The second-order valence-corrected chi connectivity index (χ2v) is 2.67. The highest BCUT2D eigenvalue weighted by Crippen LogP contribution is 2.17. The van der Waals surface area contributed by atoms with Gasteiger partial charge in [-0.1, -0.05) is 6.92 Å². The summed E-state index contributed by atoms with van der Waals surface area (Å²) >= 11 is 0. The van der Waals surface area contributed by atoms with Gasteiger partial charge >= 0.3 is 0 Å². The third-order valence-corrected chi connectivity index (χ3v) is 1.82. The maximum Gasteiger partial charge on any atom is 0.165 e. The van der Waals surface area contributed by atoms with Gasteiger partial charge in [-0.05, 0) is 12.1 Å². The van der Waals surface area contributed by atoms with Crippen molar-refractivity contribution >= 4 is 5.78 Å². The summed E-state index contributed by atoms with van der Waals surface area (Å²) in [6.45, 7) is 1.57. The molecule has 0 aliphatic rings. The van der Waals surface area contributed by atoms with Crippen molar-refractivity contribution in [2.45, 2.75) is 13.3 Å². The number of Topliss-reactive ketones (excluding diaryl/α,β-unsaturated/α-hetero) is 1. The molecule has 0 aliphatic carbocycles. The van der Waals surface area contributed by atoms with E-state index in [9.17, 15) is 13.6 Å². The molecule has 14 heavy (non-hydrogen) atoms. The van der Waals surface area contributed by atoms with Crippen LogP contribution >= 0.6 is 0 Å². The van der Waals surface area contributed by atoms with Crippen molar-refractivity contribution in [3.8, 4) is 6.07 Å². The van der Waals surface area contributed by atoms with E-state index in [1.807, 2.05) is 0 Å². The maximum absolute atomic E-state index is 13.3. The van der Waals surface area contributed by atoms with Crippen LogP contribution in [0.1, 0.15) is 29.3 Å². The number of nitriles is 1. The fraction of sp³-hybridized carbons (Fsp3) is 0.200. The van der Waals surface area contributed by atoms with E-state index in [2.05, 4.69) is 0 Å². The molecule has 0 unspecified atom stereocenters. The van der Waals surface area contributed by atoms with Crippen molar-refractivity contribution in [1.82, 2.24) is 0 Å². The first-order valence-corrected chi connectivity index (χ1v) is 4.03. The van der Waals surface area contributed by atoms with Crippen molar-refractivity contribution < 1.29 is 13.6 Å². The summed E-state index contributed by atoms with van der Waals surface area (Å²) in [7, 11) is 0.